The molecule has 1 amide bonds. The third kappa shape index (κ3) is 3.89. The van der Waals surface area contributed by atoms with Gasteiger partial charge in [-0.15, -0.1) is 0 Å². The molecule has 0 N–H and O–H groups in total. The van der Waals surface area contributed by atoms with Crippen molar-refractivity contribution in [1.82, 2.24) is 9.80 Å². The van der Waals surface area contributed by atoms with Crippen molar-refractivity contribution in [2.75, 3.05) is 32.7 Å². The van der Waals surface area contributed by atoms with E-state index in [0.29, 0.717) is 11.8 Å². The summed E-state index contributed by atoms with van der Waals surface area (Å²) < 4.78 is 0. The maximum Gasteiger partial charge on any atom is 0.230 e. The van der Waals surface area contributed by atoms with Gasteiger partial charge in [-0.2, -0.15) is 0 Å². The minimum Gasteiger partial charge on any atom is -0.340 e. The van der Waals surface area contributed by atoms with Crippen LogP contribution in [0.25, 0.3) is 0 Å². The van der Waals surface area contributed by atoms with Gasteiger partial charge in [0.15, 0.2) is 0 Å². The number of hydrogen-bond acceptors (Lipinski definition) is 2. The van der Waals surface area contributed by atoms with Crippen LogP contribution in [0.5, 0.6) is 0 Å². The second kappa shape index (κ2) is 7.67. The number of carbonyl (C=O) groups is 1. The fourth-order valence-corrected chi connectivity index (χ4v) is 4.18. The lowest BCUT2D eigenvalue weighted by molar-refractivity contribution is -0.135. The molecule has 3 rings (SSSR count). The lowest BCUT2D eigenvalue weighted by atomic mass is 9.83. The summed E-state index contributed by atoms with van der Waals surface area (Å²) in [5.74, 6) is 0.839. The summed E-state index contributed by atoms with van der Waals surface area (Å²) in [6.07, 6.45) is 4.86. The largest absolute Gasteiger partial charge is 0.340 e. The Labute approximate surface area is 144 Å². The number of nitrogens with zero attached hydrogens (tertiary/aromatic N) is 2. The van der Waals surface area contributed by atoms with Crippen LogP contribution >= 0.6 is 11.6 Å². The molecular formula is C19H27ClN2O. The molecule has 1 atom stereocenters. The summed E-state index contributed by atoms with van der Waals surface area (Å²) in [6.45, 7) is 6.99. The molecule has 4 heteroatoms. The Morgan fingerprint density at radius 3 is 2.30 bits per heavy atom. The molecule has 1 aliphatic heterocycles. The average molecular weight is 335 g/mol. The quantitative estimate of drug-likeness (QED) is 0.836. The van der Waals surface area contributed by atoms with Gasteiger partial charge in [-0.3, -0.25) is 4.79 Å². The third-order valence-electron chi connectivity index (χ3n) is 5.50. The van der Waals surface area contributed by atoms with Crippen LogP contribution in [0.15, 0.2) is 24.3 Å². The SMILES string of the molecule is CCN1CCN(C(=O)C(c2ccc(Cl)cc2)C2CCCC2)CC1. The summed E-state index contributed by atoms with van der Waals surface area (Å²) >= 11 is 6.04. The van der Waals surface area contributed by atoms with Crippen LogP contribution in [0.3, 0.4) is 0 Å². The Morgan fingerprint density at radius 1 is 1.13 bits per heavy atom. The van der Waals surface area contributed by atoms with E-state index in [4.69, 9.17) is 11.6 Å². The average Bonchev–Trinajstić information content (AvgIpc) is 3.11. The van der Waals surface area contributed by atoms with E-state index < -0.39 is 0 Å². The molecule has 2 aliphatic rings. The maximum atomic E-state index is 13.2. The van der Waals surface area contributed by atoms with Crippen LogP contribution in [0.2, 0.25) is 5.02 Å². The first-order valence-electron chi connectivity index (χ1n) is 8.95. The highest BCUT2D eigenvalue weighted by Crippen LogP contribution is 2.39. The van der Waals surface area contributed by atoms with Gasteiger partial charge in [-0.1, -0.05) is 43.5 Å². The molecule has 23 heavy (non-hydrogen) atoms. The van der Waals surface area contributed by atoms with Crippen LogP contribution in [0.4, 0.5) is 0 Å². The van der Waals surface area contributed by atoms with E-state index in [1.807, 2.05) is 24.3 Å². The lowest BCUT2D eigenvalue weighted by Crippen LogP contribution is -2.50. The first kappa shape index (κ1) is 16.8. The fraction of sp³-hybridized carbons (Fsp3) is 0.632. The molecule has 126 valence electrons. The van der Waals surface area contributed by atoms with Crippen molar-refractivity contribution in [2.24, 2.45) is 5.92 Å². The van der Waals surface area contributed by atoms with Gasteiger partial charge in [0, 0.05) is 31.2 Å². The van der Waals surface area contributed by atoms with Gasteiger partial charge in [0.2, 0.25) is 5.91 Å². The van der Waals surface area contributed by atoms with Crippen LogP contribution in [0, 0.1) is 5.92 Å². The summed E-state index contributed by atoms with van der Waals surface area (Å²) in [7, 11) is 0. The number of likely N-dealkylation sites (N-methyl/N-ethyl adjacent to an activating group) is 1. The van der Waals surface area contributed by atoms with E-state index >= 15 is 0 Å². The predicted molar refractivity (Wildman–Crippen MR) is 94.8 cm³/mol. The van der Waals surface area contributed by atoms with E-state index in [1.54, 1.807) is 0 Å². The highest BCUT2D eigenvalue weighted by atomic mass is 35.5. The maximum absolute atomic E-state index is 13.2. The smallest absolute Gasteiger partial charge is 0.230 e. The molecule has 3 nitrogen and oxygen atoms in total. The van der Waals surface area contributed by atoms with Crippen molar-refractivity contribution >= 4 is 17.5 Å². The van der Waals surface area contributed by atoms with Crippen LogP contribution < -0.4 is 0 Å². The normalized spacial score (nSPS) is 21.6. The van der Waals surface area contributed by atoms with Crippen LogP contribution in [-0.2, 0) is 4.79 Å². The summed E-state index contributed by atoms with van der Waals surface area (Å²) in [4.78, 5) is 17.7. The molecule has 1 aliphatic carbocycles. The summed E-state index contributed by atoms with van der Waals surface area (Å²) in [5.41, 5.74) is 1.14. The van der Waals surface area contributed by atoms with Gasteiger partial charge in [-0.05, 0) is 43.0 Å². The monoisotopic (exact) mass is 334 g/mol. The fourth-order valence-electron chi connectivity index (χ4n) is 4.06. The molecule has 1 aromatic carbocycles. The number of rotatable bonds is 4. The molecule has 0 spiro atoms. The Morgan fingerprint density at radius 2 is 1.74 bits per heavy atom. The second-order valence-corrected chi connectivity index (χ2v) is 7.27. The highest BCUT2D eigenvalue weighted by Gasteiger charge is 2.35. The van der Waals surface area contributed by atoms with Gasteiger partial charge in [0.1, 0.15) is 0 Å². The van der Waals surface area contributed by atoms with E-state index in [1.165, 1.54) is 25.7 Å². The number of piperazine rings is 1. The topological polar surface area (TPSA) is 23.6 Å². The van der Waals surface area contributed by atoms with Gasteiger partial charge in [0.25, 0.3) is 0 Å². The van der Waals surface area contributed by atoms with Gasteiger partial charge >= 0.3 is 0 Å². The number of carbonyl (C=O) groups excluding carboxylic acids is 1. The zero-order valence-electron chi connectivity index (χ0n) is 14.0. The van der Waals surface area contributed by atoms with E-state index in [-0.39, 0.29) is 5.92 Å². The number of amides is 1. The van der Waals surface area contributed by atoms with Crippen LogP contribution in [0.1, 0.15) is 44.1 Å². The first-order chi connectivity index (χ1) is 11.2. The minimum absolute atomic E-state index is 0.0166. The van der Waals surface area contributed by atoms with Gasteiger partial charge < -0.3 is 9.80 Å². The molecule has 1 heterocycles. The standard InChI is InChI=1S/C19H27ClN2O/c1-2-21-11-13-22(14-12-21)19(23)18(15-5-3-4-6-15)16-7-9-17(20)10-8-16/h7-10,15,18H,2-6,11-14H2,1H3. The summed E-state index contributed by atoms with van der Waals surface area (Å²) in [5, 5.41) is 0.739. The van der Waals surface area contributed by atoms with E-state index in [9.17, 15) is 4.79 Å². The van der Waals surface area contributed by atoms with E-state index in [0.717, 1.165) is 43.3 Å². The Balaban J connectivity index is 1.77. The van der Waals surface area contributed by atoms with Crippen LogP contribution in [-0.4, -0.2) is 48.4 Å². The molecule has 1 saturated heterocycles. The number of benzene rings is 1. The minimum atomic E-state index is 0.0166. The van der Waals surface area contributed by atoms with Crippen molar-refractivity contribution in [2.45, 2.75) is 38.5 Å². The molecule has 0 aromatic heterocycles. The third-order valence-corrected chi connectivity index (χ3v) is 5.75. The Kier molecular flexibility index (Phi) is 5.60. The lowest BCUT2D eigenvalue weighted by Gasteiger charge is -2.37. The molecule has 1 aromatic rings. The Hall–Kier alpha value is -1.06. The van der Waals surface area contributed by atoms with Crippen molar-refractivity contribution in [1.29, 1.82) is 0 Å². The zero-order valence-corrected chi connectivity index (χ0v) is 14.8. The molecule has 1 unspecified atom stereocenters. The van der Waals surface area contributed by atoms with Gasteiger partial charge in [0.05, 0.1) is 5.92 Å². The van der Waals surface area contributed by atoms with Crippen molar-refractivity contribution < 1.29 is 4.79 Å². The predicted octanol–water partition coefficient (Wildman–Crippen LogP) is 3.78. The molecule has 2 fully saturated rings. The molecule has 0 radical (unpaired) electrons. The summed E-state index contributed by atoms with van der Waals surface area (Å²) in [6, 6.07) is 7.93. The van der Waals surface area contributed by atoms with Crippen molar-refractivity contribution in [3.05, 3.63) is 34.9 Å². The highest BCUT2D eigenvalue weighted by molar-refractivity contribution is 6.30. The second-order valence-electron chi connectivity index (χ2n) is 6.83. The molecule has 1 saturated carbocycles. The number of hydrogen-bond donors (Lipinski definition) is 0. The Bertz CT molecular complexity index is 517. The van der Waals surface area contributed by atoms with Crippen molar-refractivity contribution in [3.8, 4) is 0 Å². The molecule has 0 bridgehead atoms. The zero-order chi connectivity index (χ0) is 16.2. The van der Waals surface area contributed by atoms with Gasteiger partial charge in [-0.25, -0.2) is 0 Å². The van der Waals surface area contributed by atoms with Crippen molar-refractivity contribution in [3.63, 3.8) is 0 Å². The first-order valence-corrected chi connectivity index (χ1v) is 9.33. The number of halogens is 1. The molecular weight excluding hydrogens is 308 g/mol. The van der Waals surface area contributed by atoms with E-state index in [2.05, 4.69) is 16.7 Å².